The molecular weight excluding hydrogens is 541 g/mol. The van der Waals surface area contributed by atoms with Crippen LogP contribution in [0, 0.1) is 0 Å². The number of rotatable bonds is 10. The number of pyridine rings is 1. The number of nitrogens with zero attached hydrogens (tertiary/aromatic N) is 2. The predicted molar refractivity (Wildman–Crippen MR) is 130 cm³/mol. The van der Waals surface area contributed by atoms with Gasteiger partial charge in [0.05, 0.1) is 11.5 Å². The van der Waals surface area contributed by atoms with Gasteiger partial charge in [0.2, 0.25) is 10.0 Å². The molecule has 0 aliphatic carbocycles. The van der Waals surface area contributed by atoms with E-state index in [0.29, 0.717) is 30.8 Å². The highest BCUT2D eigenvalue weighted by Gasteiger charge is 2.13. The van der Waals surface area contributed by atoms with E-state index in [-0.39, 0.29) is 35.4 Å². The number of benzene rings is 1. The molecule has 0 spiro atoms. The number of aromatic nitrogens is 1. The molecular formula is C19H27ClIN5O3S. The van der Waals surface area contributed by atoms with Gasteiger partial charge in [-0.15, -0.1) is 24.0 Å². The normalized spacial score (nSPS) is 11.6. The summed E-state index contributed by atoms with van der Waals surface area (Å²) in [5.74, 6) is 0.624. The Hall–Kier alpha value is -1.47. The first kappa shape index (κ1) is 26.6. The number of hydrogen-bond acceptors (Lipinski definition) is 5. The molecule has 3 N–H and O–H groups in total. The Bertz CT molecular complexity index is 911. The lowest BCUT2D eigenvalue weighted by Gasteiger charge is -2.13. The molecule has 0 aliphatic heterocycles. The van der Waals surface area contributed by atoms with Crippen LogP contribution in [0.3, 0.4) is 0 Å². The zero-order valence-corrected chi connectivity index (χ0v) is 20.8. The number of aliphatic imine (C=N–C) groups is 1. The number of sulfonamides is 1. The summed E-state index contributed by atoms with van der Waals surface area (Å²) in [5.41, 5.74) is 1.89. The Morgan fingerprint density at radius 3 is 2.63 bits per heavy atom. The molecule has 2 rings (SSSR count). The van der Waals surface area contributed by atoms with Gasteiger partial charge in [0.15, 0.2) is 5.96 Å². The van der Waals surface area contributed by atoms with E-state index in [1.165, 1.54) is 7.11 Å². The first-order chi connectivity index (χ1) is 13.9. The van der Waals surface area contributed by atoms with Crippen LogP contribution in [0.4, 0.5) is 0 Å². The maximum Gasteiger partial charge on any atom is 0.240 e. The fourth-order valence-corrected chi connectivity index (χ4v) is 3.66. The van der Waals surface area contributed by atoms with Gasteiger partial charge in [-0.2, -0.15) is 0 Å². The van der Waals surface area contributed by atoms with Gasteiger partial charge >= 0.3 is 0 Å². The van der Waals surface area contributed by atoms with Crippen molar-refractivity contribution < 1.29 is 13.2 Å². The summed E-state index contributed by atoms with van der Waals surface area (Å²) >= 11 is 5.79. The molecule has 0 atom stereocenters. The Balaban J connectivity index is 0.00000450. The molecule has 0 saturated carbocycles. The zero-order valence-electron chi connectivity index (χ0n) is 16.9. The summed E-state index contributed by atoms with van der Waals surface area (Å²) in [4.78, 5) is 8.45. The average Bonchev–Trinajstić information content (AvgIpc) is 2.72. The van der Waals surface area contributed by atoms with Crippen molar-refractivity contribution in [3.63, 3.8) is 0 Å². The van der Waals surface area contributed by atoms with E-state index >= 15 is 0 Å². The maximum absolute atomic E-state index is 12.3. The minimum atomic E-state index is -3.57. The topological polar surface area (TPSA) is 105 Å². The first-order valence-electron chi connectivity index (χ1n) is 9.07. The summed E-state index contributed by atoms with van der Waals surface area (Å²) in [6.45, 7) is 1.64. The molecule has 1 aromatic carbocycles. The third-order valence-corrected chi connectivity index (χ3v) is 5.67. The van der Waals surface area contributed by atoms with Crippen molar-refractivity contribution >= 4 is 51.6 Å². The fraction of sp³-hybridized carbons (Fsp3) is 0.368. The quantitative estimate of drug-likeness (QED) is 0.134. The van der Waals surface area contributed by atoms with Crippen LogP contribution in [-0.2, 0) is 27.7 Å². The van der Waals surface area contributed by atoms with E-state index in [9.17, 15) is 8.42 Å². The molecule has 1 aromatic heterocycles. The van der Waals surface area contributed by atoms with Gasteiger partial charge in [-0.25, -0.2) is 18.1 Å². The van der Waals surface area contributed by atoms with E-state index in [1.54, 1.807) is 37.5 Å². The largest absolute Gasteiger partial charge is 0.383 e. The lowest BCUT2D eigenvalue weighted by atomic mass is 10.2. The molecule has 0 saturated heterocycles. The molecule has 0 radical (unpaired) electrons. The summed E-state index contributed by atoms with van der Waals surface area (Å²) < 4.78 is 32.0. The lowest BCUT2D eigenvalue weighted by Crippen LogP contribution is -2.37. The van der Waals surface area contributed by atoms with Crippen LogP contribution in [0.5, 0.6) is 0 Å². The Morgan fingerprint density at radius 2 is 1.97 bits per heavy atom. The molecule has 0 amide bonds. The third kappa shape index (κ3) is 9.13. The van der Waals surface area contributed by atoms with E-state index in [1.807, 2.05) is 12.1 Å². The van der Waals surface area contributed by atoms with Crippen LogP contribution in [0.15, 0.2) is 52.5 Å². The molecule has 166 valence electrons. The highest BCUT2D eigenvalue weighted by Crippen LogP contribution is 2.11. The number of nitrogens with one attached hydrogen (secondary N) is 3. The molecule has 30 heavy (non-hydrogen) atoms. The second-order valence-corrected chi connectivity index (χ2v) is 8.28. The maximum atomic E-state index is 12.3. The van der Waals surface area contributed by atoms with Crippen molar-refractivity contribution in [3.8, 4) is 0 Å². The molecule has 0 bridgehead atoms. The molecule has 0 unspecified atom stereocenters. The van der Waals surface area contributed by atoms with Crippen molar-refractivity contribution in [3.05, 3.63) is 58.9 Å². The molecule has 0 fully saturated rings. The molecule has 2 aromatic rings. The predicted octanol–water partition coefficient (Wildman–Crippen LogP) is 2.19. The van der Waals surface area contributed by atoms with Crippen LogP contribution in [0.1, 0.15) is 11.1 Å². The van der Waals surface area contributed by atoms with E-state index in [2.05, 4.69) is 25.3 Å². The van der Waals surface area contributed by atoms with Gasteiger partial charge < -0.3 is 15.4 Å². The second-order valence-electron chi connectivity index (χ2n) is 6.13. The van der Waals surface area contributed by atoms with Crippen molar-refractivity contribution in [2.75, 3.05) is 33.9 Å². The minimum Gasteiger partial charge on any atom is -0.383 e. The SMILES string of the molecule is CN=C(NCCc1ccc(Cl)nc1)NCc1cccc(S(=O)(=O)NCCOC)c1.I. The van der Waals surface area contributed by atoms with Crippen molar-refractivity contribution in [2.24, 2.45) is 4.99 Å². The second kappa shape index (κ2) is 13.8. The van der Waals surface area contributed by atoms with Crippen LogP contribution in [0.2, 0.25) is 5.15 Å². The number of methoxy groups -OCH3 is 1. The minimum absolute atomic E-state index is 0. The van der Waals surface area contributed by atoms with Crippen LogP contribution in [0.25, 0.3) is 0 Å². The standard InChI is InChI=1S/C19H26ClN5O3S.HI/c1-21-19(22-9-8-15-6-7-18(20)23-13-15)24-14-16-4-3-5-17(12-16)29(26,27)25-10-11-28-2;/h3-7,12-13,25H,8-11,14H2,1-2H3,(H2,21,22,24);1H. The van der Waals surface area contributed by atoms with E-state index in [0.717, 1.165) is 17.5 Å². The van der Waals surface area contributed by atoms with Crippen LogP contribution < -0.4 is 15.4 Å². The fourth-order valence-electron chi connectivity index (χ4n) is 2.47. The monoisotopic (exact) mass is 567 g/mol. The van der Waals surface area contributed by atoms with Gasteiger partial charge in [0, 0.05) is 40.0 Å². The van der Waals surface area contributed by atoms with Crippen LogP contribution >= 0.6 is 35.6 Å². The highest BCUT2D eigenvalue weighted by molar-refractivity contribution is 14.0. The Kier molecular flexibility index (Phi) is 12.2. The number of halogens is 2. The van der Waals surface area contributed by atoms with Gasteiger partial charge in [-0.05, 0) is 35.7 Å². The molecule has 11 heteroatoms. The van der Waals surface area contributed by atoms with Crippen LogP contribution in [-0.4, -0.2) is 53.2 Å². The van der Waals surface area contributed by atoms with Crippen molar-refractivity contribution in [1.29, 1.82) is 0 Å². The highest BCUT2D eigenvalue weighted by atomic mass is 127. The van der Waals surface area contributed by atoms with Crippen molar-refractivity contribution in [2.45, 2.75) is 17.9 Å². The summed E-state index contributed by atoms with van der Waals surface area (Å²) in [6.07, 6.45) is 2.51. The lowest BCUT2D eigenvalue weighted by molar-refractivity contribution is 0.204. The number of guanidine groups is 1. The third-order valence-electron chi connectivity index (χ3n) is 3.99. The van der Waals surface area contributed by atoms with Gasteiger partial charge in [-0.3, -0.25) is 4.99 Å². The summed E-state index contributed by atoms with van der Waals surface area (Å²) in [7, 11) is -0.364. The molecule has 0 aliphatic rings. The average molecular weight is 568 g/mol. The molecule has 1 heterocycles. The van der Waals surface area contributed by atoms with E-state index < -0.39 is 10.0 Å². The number of hydrogen-bond donors (Lipinski definition) is 3. The summed E-state index contributed by atoms with van der Waals surface area (Å²) in [5, 5.41) is 6.86. The van der Waals surface area contributed by atoms with Gasteiger partial charge in [0.25, 0.3) is 0 Å². The van der Waals surface area contributed by atoms with Gasteiger partial charge in [0.1, 0.15) is 5.15 Å². The van der Waals surface area contributed by atoms with Crippen molar-refractivity contribution in [1.82, 2.24) is 20.3 Å². The Morgan fingerprint density at radius 1 is 1.17 bits per heavy atom. The Labute approximate surface area is 199 Å². The van der Waals surface area contributed by atoms with Gasteiger partial charge in [-0.1, -0.05) is 29.8 Å². The smallest absolute Gasteiger partial charge is 0.240 e. The number of ether oxygens (including phenoxy) is 1. The first-order valence-corrected chi connectivity index (χ1v) is 10.9. The summed E-state index contributed by atoms with van der Waals surface area (Å²) in [6, 6.07) is 10.5. The molecule has 8 nitrogen and oxygen atoms in total. The zero-order chi connectivity index (χ0) is 21.1. The van der Waals surface area contributed by atoms with E-state index in [4.69, 9.17) is 16.3 Å².